The first-order valence-corrected chi connectivity index (χ1v) is 9.60. The van der Waals surface area contributed by atoms with Crippen LogP contribution in [0.5, 0.6) is 11.5 Å². The molecule has 2 aromatic rings. The van der Waals surface area contributed by atoms with Crippen molar-refractivity contribution >= 4 is 11.6 Å². The highest BCUT2D eigenvalue weighted by Gasteiger charge is 2.16. The van der Waals surface area contributed by atoms with Gasteiger partial charge in [0, 0.05) is 39.3 Å². The van der Waals surface area contributed by atoms with Gasteiger partial charge in [0.2, 0.25) is 0 Å². The molecule has 0 aromatic heterocycles. The number of nitrogens with zero attached hydrogens (tertiary/aromatic N) is 2. The maximum Gasteiger partial charge on any atom is 0.137 e. The minimum Gasteiger partial charge on any atom is -0.492 e. The van der Waals surface area contributed by atoms with E-state index in [4.69, 9.17) is 21.1 Å². The lowest BCUT2D eigenvalue weighted by Crippen LogP contribution is -2.48. The first-order valence-electron chi connectivity index (χ1n) is 9.23. The molecule has 26 heavy (non-hydrogen) atoms. The molecule has 1 aliphatic heterocycles. The molecule has 0 spiro atoms. The second kappa shape index (κ2) is 9.81. The standard InChI is InChI=1S/C21H27ClN2O2/c1-18-6-2-4-8-20(18)25-16-14-23-10-12-24(13-11-23)15-17-26-21-9-5-3-7-19(21)22/h2-9H,10-17H2,1H3. The molecule has 1 aliphatic rings. The largest absolute Gasteiger partial charge is 0.492 e. The molecule has 0 radical (unpaired) electrons. The van der Waals surface area contributed by atoms with Gasteiger partial charge in [-0.15, -0.1) is 0 Å². The van der Waals surface area contributed by atoms with Gasteiger partial charge in [0.15, 0.2) is 0 Å². The molecule has 0 saturated carbocycles. The number of benzene rings is 2. The van der Waals surface area contributed by atoms with E-state index in [0.29, 0.717) is 11.6 Å². The van der Waals surface area contributed by atoms with Crippen molar-refractivity contribution in [3.05, 3.63) is 59.1 Å². The molecule has 0 amide bonds. The lowest BCUT2D eigenvalue weighted by molar-refractivity contribution is 0.105. The normalized spacial score (nSPS) is 15.8. The molecular formula is C21H27ClN2O2. The second-order valence-corrected chi connectivity index (χ2v) is 6.98. The summed E-state index contributed by atoms with van der Waals surface area (Å²) in [5.74, 6) is 1.75. The molecule has 0 unspecified atom stereocenters. The Morgan fingerprint density at radius 2 is 1.27 bits per heavy atom. The lowest BCUT2D eigenvalue weighted by Gasteiger charge is -2.34. The summed E-state index contributed by atoms with van der Waals surface area (Å²) < 4.78 is 11.7. The number of halogens is 1. The van der Waals surface area contributed by atoms with Crippen LogP contribution in [0.3, 0.4) is 0 Å². The van der Waals surface area contributed by atoms with Crippen molar-refractivity contribution in [2.75, 3.05) is 52.5 Å². The predicted octanol–water partition coefficient (Wildman–Crippen LogP) is 3.72. The third-order valence-corrected chi connectivity index (χ3v) is 5.04. The Hall–Kier alpha value is -1.75. The number of piperazine rings is 1. The Bertz CT molecular complexity index is 628. The van der Waals surface area contributed by atoms with Crippen molar-refractivity contribution in [2.24, 2.45) is 0 Å². The van der Waals surface area contributed by atoms with Gasteiger partial charge in [-0.05, 0) is 30.7 Å². The third kappa shape index (κ3) is 5.63. The zero-order valence-electron chi connectivity index (χ0n) is 15.4. The van der Waals surface area contributed by atoms with Gasteiger partial charge in [-0.3, -0.25) is 9.80 Å². The van der Waals surface area contributed by atoms with Crippen molar-refractivity contribution in [1.82, 2.24) is 9.80 Å². The van der Waals surface area contributed by atoms with Crippen molar-refractivity contribution in [2.45, 2.75) is 6.92 Å². The number of rotatable bonds is 8. The van der Waals surface area contributed by atoms with Gasteiger partial charge in [0.1, 0.15) is 24.7 Å². The van der Waals surface area contributed by atoms with Crippen LogP contribution in [0.25, 0.3) is 0 Å². The van der Waals surface area contributed by atoms with E-state index in [1.54, 1.807) is 0 Å². The van der Waals surface area contributed by atoms with E-state index in [-0.39, 0.29) is 0 Å². The molecular weight excluding hydrogens is 348 g/mol. The number of para-hydroxylation sites is 2. The summed E-state index contributed by atoms with van der Waals surface area (Å²) in [5.41, 5.74) is 1.19. The van der Waals surface area contributed by atoms with Crippen molar-refractivity contribution in [1.29, 1.82) is 0 Å². The SMILES string of the molecule is Cc1ccccc1OCCN1CCN(CCOc2ccccc2Cl)CC1. The molecule has 3 rings (SSSR count). The zero-order valence-corrected chi connectivity index (χ0v) is 16.1. The monoisotopic (exact) mass is 374 g/mol. The van der Waals surface area contributed by atoms with Gasteiger partial charge in [0.05, 0.1) is 5.02 Å². The highest BCUT2D eigenvalue weighted by Crippen LogP contribution is 2.23. The lowest BCUT2D eigenvalue weighted by atomic mass is 10.2. The van der Waals surface area contributed by atoms with Crippen molar-refractivity contribution in [3.63, 3.8) is 0 Å². The van der Waals surface area contributed by atoms with Gasteiger partial charge in [-0.2, -0.15) is 0 Å². The highest BCUT2D eigenvalue weighted by molar-refractivity contribution is 6.32. The summed E-state index contributed by atoms with van der Waals surface area (Å²) in [6.07, 6.45) is 0. The molecule has 2 aromatic carbocycles. The van der Waals surface area contributed by atoms with E-state index < -0.39 is 0 Å². The average Bonchev–Trinajstić information content (AvgIpc) is 2.66. The third-order valence-electron chi connectivity index (χ3n) is 4.73. The fraction of sp³-hybridized carbons (Fsp3) is 0.429. The smallest absolute Gasteiger partial charge is 0.137 e. The van der Waals surface area contributed by atoms with Crippen molar-refractivity contribution < 1.29 is 9.47 Å². The van der Waals surface area contributed by atoms with E-state index in [9.17, 15) is 0 Å². The van der Waals surface area contributed by atoms with Crippen LogP contribution in [0.15, 0.2) is 48.5 Å². The number of hydrogen-bond acceptors (Lipinski definition) is 4. The van der Waals surface area contributed by atoms with E-state index in [1.165, 1.54) is 5.56 Å². The van der Waals surface area contributed by atoms with Crippen LogP contribution < -0.4 is 9.47 Å². The highest BCUT2D eigenvalue weighted by atomic mass is 35.5. The first kappa shape index (κ1) is 19.0. The Balaban J connectivity index is 1.30. The van der Waals surface area contributed by atoms with Gasteiger partial charge >= 0.3 is 0 Å². The predicted molar refractivity (Wildman–Crippen MR) is 107 cm³/mol. The molecule has 1 fully saturated rings. The van der Waals surface area contributed by atoms with Crippen LogP contribution in [-0.4, -0.2) is 62.3 Å². The fourth-order valence-corrected chi connectivity index (χ4v) is 3.28. The van der Waals surface area contributed by atoms with Gasteiger partial charge in [0.25, 0.3) is 0 Å². The zero-order chi connectivity index (χ0) is 18.2. The Labute approximate surface area is 161 Å². The molecule has 0 N–H and O–H groups in total. The van der Waals surface area contributed by atoms with Crippen LogP contribution in [0, 0.1) is 6.92 Å². The van der Waals surface area contributed by atoms with E-state index in [1.807, 2.05) is 42.5 Å². The number of hydrogen-bond donors (Lipinski definition) is 0. The molecule has 0 bridgehead atoms. The van der Waals surface area contributed by atoms with E-state index in [0.717, 1.165) is 57.4 Å². The number of ether oxygens (including phenoxy) is 2. The van der Waals surface area contributed by atoms with Gasteiger partial charge in [-0.25, -0.2) is 0 Å². The summed E-state index contributed by atoms with van der Waals surface area (Å²) in [6, 6.07) is 15.8. The summed E-state index contributed by atoms with van der Waals surface area (Å²) in [4.78, 5) is 4.90. The Morgan fingerprint density at radius 3 is 1.85 bits per heavy atom. The molecule has 4 nitrogen and oxygen atoms in total. The van der Waals surface area contributed by atoms with Crippen molar-refractivity contribution in [3.8, 4) is 11.5 Å². The molecule has 0 atom stereocenters. The molecule has 5 heteroatoms. The minimum atomic E-state index is 0.667. The second-order valence-electron chi connectivity index (χ2n) is 6.58. The Kier molecular flexibility index (Phi) is 7.18. The summed E-state index contributed by atoms with van der Waals surface area (Å²) in [5, 5.41) is 0.672. The maximum atomic E-state index is 6.11. The molecule has 140 valence electrons. The van der Waals surface area contributed by atoms with Crippen LogP contribution in [-0.2, 0) is 0 Å². The van der Waals surface area contributed by atoms with Crippen LogP contribution in [0.2, 0.25) is 5.02 Å². The van der Waals surface area contributed by atoms with Gasteiger partial charge in [-0.1, -0.05) is 41.9 Å². The average molecular weight is 375 g/mol. The molecule has 1 heterocycles. The summed E-state index contributed by atoms with van der Waals surface area (Å²) >= 11 is 6.11. The Morgan fingerprint density at radius 1 is 0.769 bits per heavy atom. The van der Waals surface area contributed by atoms with Crippen LogP contribution in [0.4, 0.5) is 0 Å². The number of aryl methyl sites for hydroxylation is 1. The minimum absolute atomic E-state index is 0.667. The quantitative estimate of drug-likeness (QED) is 0.703. The van der Waals surface area contributed by atoms with Gasteiger partial charge < -0.3 is 9.47 Å². The topological polar surface area (TPSA) is 24.9 Å². The van der Waals surface area contributed by atoms with E-state index in [2.05, 4.69) is 22.8 Å². The van der Waals surface area contributed by atoms with Crippen LogP contribution >= 0.6 is 11.6 Å². The summed E-state index contributed by atoms with van der Waals surface area (Å²) in [7, 11) is 0. The van der Waals surface area contributed by atoms with E-state index >= 15 is 0 Å². The van der Waals surface area contributed by atoms with Crippen LogP contribution in [0.1, 0.15) is 5.56 Å². The molecule has 0 aliphatic carbocycles. The molecule has 1 saturated heterocycles. The first-order chi connectivity index (χ1) is 12.7. The maximum absolute atomic E-state index is 6.11. The summed E-state index contributed by atoms with van der Waals surface area (Å²) in [6.45, 7) is 9.66. The fourth-order valence-electron chi connectivity index (χ4n) is 3.09.